The van der Waals surface area contributed by atoms with Crippen LogP contribution in [0.25, 0.3) is 0 Å². The summed E-state index contributed by atoms with van der Waals surface area (Å²) in [7, 11) is -5.57. The molecule has 162 valence electrons. The Morgan fingerprint density at radius 2 is 0.963 bits per heavy atom. The first-order chi connectivity index (χ1) is 12.9. The standard InChI is InChI=1S/C20H40O4S3/c1-3-5-7-9-11-13-15-25(21)19-17-27(23,24)18-20(19)26(22)16-14-12-10-8-6-4-2/h19-20H,3-18H2,1-2H3/t19-,20+,25-,26-/m0/s1. The van der Waals surface area contributed by atoms with E-state index >= 15 is 0 Å². The van der Waals surface area contributed by atoms with E-state index in [-0.39, 0.29) is 11.5 Å². The van der Waals surface area contributed by atoms with Gasteiger partial charge in [-0.2, -0.15) is 0 Å². The van der Waals surface area contributed by atoms with Crippen molar-refractivity contribution in [2.24, 2.45) is 0 Å². The second-order valence-electron chi connectivity index (χ2n) is 7.86. The largest absolute Gasteiger partial charge is 0.259 e. The van der Waals surface area contributed by atoms with Gasteiger partial charge in [-0.1, -0.05) is 78.1 Å². The molecule has 0 aromatic heterocycles. The molecule has 0 aliphatic carbocycles. The second kappa shape index (κ2) is 14.3. The lowest BCUT2D eigenvalue weighted by Gasteiger charge is -2.17. The average Bonchev–Trinajstić information content (AvgIpc) is 2.96. The molecule has 0 amide bonds. The van der Waals surface area contributed by atoms with Crippen LogP contribution in [0.5, 0.6) is 0 Å². The fourth-order valence-corrected chi connectivity index (χ4v) is 11.1. The van der Waals surface area contributed by atoms with Gasteiger partial charge in [-0.25, -0.2) is 8.42 Å². The first-order valence-electron chi connectivity index (χ1n) is 10.9. The van der Waals surface area contributed by atoms with E-state index in [9.17, 15) is 16.8 Å². The first-order valence-corrected chi connectivity index (χ1v) is 15.4. The van der Waals surface area contributed by atoms with E-state index in [4.69, 9.17) is 0 Å². The van der Waals surface area contributed by atoms with Crippen LogP contribution >= 0.6 is 0 Å². The van der Waals surface area contributed by atoms with Gasteiger partial charge in [-0.05, 0) is 12.8 Å². The predicted octanol–water partition coefficient (Wildman–Crippen LogP) is 4.37. The van der Waals surface area contributed by atoms with Crippen LogP contribution in [0, 0.1) is 0 Å². The fourth-order valence-electron chi connectivity index (χ4n) is 3.63. The molecule has 4 atom stereocenters. The molecule has 4 nitrogen and oxygen atoms in total. The summed E-state index contributed by atoms with van der Waals surface area (Å²) in [5.74, 6) is 1.03. The summed E-state index contributed by atoms with van der Waals surface area (Å²) in [5.41, 5.74) is 0. The summed E-state index contributed by atoms with van der Waals surface area (Å²) in [4.78, 5) is 0. The van der Waals surface area contributed by atoms with Gasteiger partial charge < -0.3 is 0 Å². The Bertz CT molecular complexity index is 503. The molecule has 7 heteroatoms. The highest BCUT2D eigenvalue weighted by Crippen LogP contribution is 2.24. The van der Waals surface area contributed by atoms with Crippen LogP contribution in [0.15, 0.2) is 0 Å². The maximum Gasteiger partial charge on any atom is 0.152 e. The third kappa shape index (κ3) is 10.6. The van der Waals surface area contributed by atoms with E-state index in [1.54, 1.807) is 0 Å². The third-order valence-corrected chi connectivity index (χ3v) is 11.4. The Kier molecular flexibility index (Phi) is 13.4. The molecule has 1 aliphatic heterocycles. The van der Waals surface area contributed by atoms with E-state index in [2.05, 4.69) is 13.8 Å². The smallest absolute Gasteiger partial charge is 0.152 e. The van der Waals surface area contributed by atoms with Crippen molar-refractivity contribution in [1.29, 1.82) is 0 Å². The zero-order chi connectivity index (χ0) is 20.1. The van der Waals surface area contributed by atoms with Gasteiger partial charge in [0, 0.05) is 33.1 Å². The minimum absolute atomic E-state index is 0.0393. The molecule has 0 aromatic carbocycles. The van der Waals surface area contributed by atoms with Crippen LogP contribution in [0.3, 0.4) is 0 Å². The summed E-state index contributed by atoms with van der Waals surface area (Å²) in [6, 6.07) is 0. The molecule has 0 N–H and O–H groups in total. The molecule has 1 fully saturated rings. The van der Waals surface area contributed by atoms with Crippen LogP contribution in [0.1, 0.15) is 90.9 Å². The van der Waals surface area contributed by atoms with Gasteiger partial charge in [0.25, 0.3) is 0 Å². The maximum absolute atomic E-state index is 12.7. The zero-order valence-electron chi connectivity index (χ0n) is 17.3. The Morgan fingerprint density at radius 3 is 1.33 bits per heavy atom. The molecule has 1 aliphatic rings. The number of unbranched alkanes of at least 4 members (excludes halogenated alkanes) is 10. The highest BCUT2D eigenvalue weighted by Gasteiger charge is 2.43. The van der Waals surface area contributed by atoms with Gasteiger partial charge in [-0.3, -0.25) is 8.42 Å². The molecule has 0 radical (unpaired) electrons. The van der Waals surface area contributed by atoms with Gasteiger partial charge >= 0.3 is 0 Å². The highest BCUT2D eigenvalue weighted by atomic mass is 32.2. The van der Waals surface area contributed by atoms with Crippen LogP contribution in [-0.4, -0.2) is 50.3 Å². The lowest BCUT2D eigenvalue weighted by atomic mass is 10.1. The van der Waals surface area contributed by atoms with E-state index in [0.717, 1.165) is 38.5 Å². The normalized spacial score (nSPS) is 24.1. The highest BCUT2D eigenvalue weighted by molar-refractivity contribution is 7.97. The first kappa shape index (κ1) is 25.3. The van der Waals surface area contributed by atoms with Crippen molar-refractivity contribution in [1.82, 2.24) is 0 Å². The number of hydrogen-bond donors (Lipinski definition) is 0. The fraction of sp³-hybridized carbons (Fsp3) is 1.00. The lowest BCUT2D eigenvalue weighted by molar-refractivity contribution is 0.601. The molecule has 0 spiro atoms. The zero-order valence-corrected chi connectivity index (χ0v) is 19.8. The molecule has 1 heterocycles. The monoisotopic (exact) mass is 440 g/mol. The summed E-state index contributed by atoms with van der Waals surface area (Å²) >= 11 is 0. The lowest BCUT2D eigenvalue weighted by Crippen LogP contribution is -2.34. The summed E-state index contributed by atoms with van der Waals surface area (Å²) in [6.07, 6.45) is 13.5. The average molecular weight is 441 g/mol. The van der Waals surface area contributed by atoms with Crippen LogP contribution in [0.2, 0.25) is 0 Å². The van der Waals surface area contributed by atoms with Crippen LogP contribution in [-0.2, 0) is 31.4 Å². The van der Waals surface area contributed by atoms with E-state index < -0.39 is 41.9 Å². The minimum Gasteiger partial charge on any atom is -0.259 e. The number of hydrogen-bond acceptors (Lipinski definition) is 4. The van der Waals surface area contributed by atoms with E-state index in [0.29, 0.717) is 11.5 Å². The molecular weight excluding hydrogens is 400 g/mol. The summed E-state index contributed by atoms with van der Waals surface area (Å²) in [5, 5.41) is -0.849. The quantitative estimate of drug-likeness (QED) is 0.334. The second-order valence-corrected chi connectivity index (χ2v) is 13.6. The van der Waals surface area contributed by atoms with Crippen molar-refractivity contribution >= 4 is 31.4 Å². The molecule has 0 unspecified atom stereocenters. The molecule has 1 saturated heterocycles. The van der Waals surface area contributed by atoms with Gasteiger partial charge in [-0.15, -0.1) is 0 Å². The third-order valence-electron chi connectivity index (χ3n) is 5.32. The van der Waals surface area contributed by atoms with Crippen LogP contribution in [0.4, 0.5) is 0 Å². The number of rotatable bonds is 16. The van der Waals surface area contributed by atoms with Gasteiger partial charge in [0.1, 0.15) is 0 Å². The number of sulfone groups is 1. The van der Waals surface area contributed by atoms with Crippen LogP contribution < -0.4 is 0 Å². The summed E-state index contributed by atoms with van der Waals surface area (Å²) in [6.45, 7) is 4.36. The van der Waals surface area contributed by atoms with Crippen molar-refractivity contribution in [2.45, 2.75) is 101 Å². The maximum atomic E-state index is 12.7. The SMILES string of the molecule is CCCCCCCC[S@](=O)[C@@H]1CS(=O)(=O)C[C@@H]1[S@@](=O)CCCCCCCC. The predicted molar refractivity (Wildman–Crippen MR) is 119 cm³/mol. The van der Waals surface area contributed by atoms with Crippen molar-refractivity contribution in [3.63, 3.8) is 0 Å². The topological polar surface area (TPSA) is 68.3 Å². The van der Waals surface area contributed by atoms with Crippen molar-refractivity contribution in [3.05, 3.63) is 0 Å². The Hall–Kier alpha value is 0.250. The van der Waals surface area contributed by atoms with Gasteiger partial charge in [0.2, 0.25) is 0 Å². The molecule has 0 bridgehead atoms. The van der Waals surface area contributed by atoms with Gasteiger partial charge in [0.15, 0.2) is 9.84 Å². The van der Waals surface area contributed by atoms with E-state index in [1.807, 2.05) is 0 Å². The van der Waals surface area contributed by atoms with Crippen molar-refractivity contribution in [2.75, 3.05) is 23.0 Å². The van der Waals surface area contributed by atoms with Crippen molar-refractivity contribution in [3.8, 4) is 0 Å². The molecule has 0 aromatic rings. The summed E-state index contributed by atoms with van der Waals surface area (Å²) < 4.78 is 49.6. The minimum atomic E-state index is -3.21. The Balaban J connectivity index is 2.41. The Morgan fingerprint density at radius 1 is 0.630 bits per heavy atom. The van der Waals surface area contributed by atoms with Crippen molar-refractivity contribution < 1.29 is 16.8 Å². The molecular formula is C20H40O4S3. The van der Waals surface area contributed by atoms with E-state index in [1.165, 1.54) is 38.5 Å². The molecule has 27 heavy (non-hydrogen) atoms. The molecule has 0 saturated carbocycles. The van der Waals surface area contributed by atoms with Gasteiger partial charge in [0.05, 0.1) is 22.0 Å². The molecule has 1 rings (SSSR count). The Labute approximate surface area is 172 Å².